The van der Waals surface area contributed by atoms with E-state index < -0.39 is 0 Å². The fourth-order valence-corrected chi connectivity index (χ4v) is 5.68. The summed E-state index contributed by atoms with van der Waals surface area (Å²) in [5, 5.41) is 0.715. The standard InChI is InChI=1S/C37H40ClN3O/c1-4-6-21-41-35(36(32-18-12-19-33(38)24-32)39-37(41)31-16-8-7-9-17-31)27-40(25-29-14-10-13-28(3)22-29)26-30-15-11-20-34(23-30)42-5-2/h7-20,22-24H,4-6,21,25-27H2,1-3H3. The molecule has 0 amide bonds. The van der Waals surface area contributed by atoms with E-state index in [0.717, 1.165) is 67.4 Å². The summed E-state index contributed by atoms with van der Waals surface area (Å²) in [4.78, 5) is 7.84. The van der Waals surface area contributed by atoms with Gasteiger partial charge in [0.1, 0.15) is 11.6 Å². The Balaban J connectivity index is 1.62. The minimum atomic E-state index is 0.651. The molecule has 0 N–H and O–H groups in total. The molecule has 0 radical (unpaired) electrons. The van der Waals surface area contributed by atoms with Gasteiger partial charge in [-0.2, -0.15) is 0 Å². The fourth-order valence-electron chi connectivity index (χ4n) is 5.49. The van der Waals surface area contributed by atoms with Gasteiger partial charge in [-0.25, -0.2) is 4.98 Å². The summed E-state index contributed by atoms with van der Waals surface area (Å²) in [5.74, 6) is 1.91. The summed E-state index contributed by atoms with van der Waals surface area (Å²) in [7, 11) is 0. The van der Waals surface area contributed by atoms with Crippen molar-refractivity contribution in [2.45, 2.75) is 59.8 Å². The molecule has 216 valence electrons. The summed E-state index contributed by atoms with van der Waals surface area (Å²) in [6.07, 6.45) is 2.18. The topological polar surface area (TPSA) is 30.3 Å². The smallest absolute Gasteiger partial charge is 0.140 e. The highest BCUT2D eigenvalue weighted by Crippen LogP contribution is 2.33. The van der Waals surface area contributed by atoms with E-state index in [1.807, 2.05) is 31.2 Å². The lowest BCUT2D eigenvalue weighted by Gasteiger charge is -2.25. The van der Waals surface area contributed by atoms with Gasteiger partial charge in [0, 0.05) is 42.3 Å². The van der Waals surface area contributed by atoms with Crippen LogP contribution in [0.2, 0.25) is 5.02 Å². The van der Waals surface area contributed by atoms with E-state index in [4.69, 9.17) is 21.3 Å². The van der Waals surface area contributed by atoms with Gasteiger partial charge in [0.2, 0.25) is 0 Å². The van der Waals surface area contributed by atoms with Crippen LogP contribution >= 0.6 is 11.6 Å². The maximum atomic E-state index is 6.51. The first-order valence-electron chi connectivity index (χ1n) is 14.9. The molecule has 0 unspecified atom stereocenters. The second-order valence-electron chi connectivity index (χ2n) is 10.8. The molecule has 5 rings (SSSR count). The number of aromatic nitrogens is 2. The van der Waals surface area contributed by atoms with E-state index in [1.165, 1.54) is 22.4 Å². The van der Waals surface area contributed by atoms with Crippen LogP contribution in [0.5, 0.6) is 5.75 Å². The maximum absolute atomic E-state index is 6.51. The number of halogens is 1. The van der Waals surface area contributed by atoms with Crippen LogP contribution < -0.4 is 4.74 Å². The van der Waals surface area contributed by atoms with Crippen molar-refractivity contribution >= 4 is 11.6 Å². The molecule has 42 heavy (non-hydrogen) atoms. The largest absolute Gasteiger partial charge is 0.494 e. The second kappa shape index (κ2) is 14.4. The number of ether oxygens (including phenoxy) is 1. The van der Waals surface area contributed by atoms with Crippen LogP contribution in [-0.4, -0.2) is 21.1 Å². The van der Waals surface area contributed by atoms with Crippen LogP contribution in [0.3, 0.4) is 0 Å². The van der Waals surface area contributed by atoms with Gasteiger partial charge in [0.25, 0.3) is 0 Å². The Bertz CT molecular complexity index is 1590. The molecule has 0 aliphatic rings. The first-order valence-corrected chi connectivity index (χ1v) is 15.3. The molecule has 0 saturated heterocycles. The minimum absolute atomic E-state index is 0.651. The van der Waals surface area contributed by atoms with Crippen molar-refractivity contribution in [3.8, 4) is 28.4 Å². The van der Waals surface area contributed by atoms with Crippen LogP contribution in [-0.2, 0) is 26.2 Å². The van der Waals surface area contributed by atoms with Crippen LogP contribution in [0.4, 0.5) is 0 Å². The molecule has 4 nitrogen and oxygen atoms in total. The third-order valence-corrected chi connectivity index (χ3v) is 7.65. The molecule has 4 aromatic carbocycles. The maximum Gasteiger partial charge on any atom is 0.140 e. The van der Waals surface area contributed by atoms with Gasteiger partial charge in [-0.3, -0.25) is 4.90 Å². The Labute approximate surface area is 255 Å². The fraction of sp³-hybridized carbons (Fsp3) is 0.270. The number of nitrogens with zero attached hydrogens (tertiary/aromatic N) is 3. The molecule has 0 saturated carbocycles. The zero-order valence-electron chi connectivity index (χ0n) is 24.9. The normalized spacial score (nSPS) is 11.3. The molecule has 0 aliphatic carbocycles. The third kappa shape index (κ3) is 7.50. The van der Waals surface area contributed by atoms with Crippen molar-refractivity contribution in [3.63, 3.8) is 0 Å². The Morgan fingerprint density at radius 2 is 1.48 bits per heavy atom. The van der Waals surface area contributed by atoms with Gasteiger partial charge in [0.05, 0.1) is 18.0 Å². The zero-order valence-corrected chi connectivity index (χ0v) is 25.6. The quantitative estimate of drug-likeness (QED) is 0.139. The van der Waals surface area contributed by atoms with Gasteiger partial charge in [-0.1, -0.05) is 109 Å². The van der Waals surface area contributed by atoms with Crippen LogP contribution in [0.15, 0.2) is 103 Å². The van der Waals surface area contributed by atoms with Crippen molar-refractivity contribution in [1.29, 1.82) is 0 Å². The SMILES string of the molecule is CCCCn1c(-c2ccccc2)nc(-c2cccc(Cl)c2)c1CN(Cc1cccc(C)c1)Cc1cccc(OCC)c1. The average Bonchev–Trinajstić information content (AvgIpc) is 3.34. The van der Waals surface area contributed by atoms with Gasteiger partial charge in [-0.05, 0) is 55.7 Å². The molecule has 1 heterocycles. The molecule has 0 aliphatic heterocycles. The molecular formula is C37H40ClN3O. The van der Waals surface area contributed by atoms with Crippen molar-refractivity contribution in [2.75, 3.05) is 6.61 Å². The van der Waals surface area contributed by atoms with Gasteiger partial charge in [-0.15, -0.1) is 0 Å². The third-order valence-electron chi connectivity index (χ3n) is 7.42. The Kier molecular flexibility index (Phi) is 10.1. The highest BCUT2D eigenvalue weighted by molar-refractivity contribution is 6.30. The highest BCUT2D eigenvalue weighted by atomic mass is 35.5. The molecule has 0 spiro atoms. The number of benzene rings is 4. The Morgan fingerprint density at radius 3 is 2.19 bits per heavy atom. The van der Waals surface area contributed by atoms with Crippen LogP contribution in [0.1, 0.15) is 49.1 Å². The molecule has 1 aromatic heterocycles. The highest BCUT2D eigenvalue weighted by Gasteiger charge is 2.22. The number of unbranched alkanes of at least 4 members (excludes halogenated alkanes) is 1. The molecule has 0 atom stereocenters. The number of aryl methyl sites for hydroxylation is 1. The number of hydrogen-bond acceptors (Lipinski definition) is 3. The summed E-state index contributed by atoms with van der Waals surface area (Å²) < 4.78 is 8.28. The van der Waals surface area contributed by atoms with E-state index in [1.54, 1.807) is 0 Å². The first-order chi connectivity index (χ1) is 20.5. The Morgan fingerprint density at radius 1 is 0.762 bits per heavy atom. The minimum Gasteiger partial charge on any atom is -0.494 e. The number of imidazole rings is 1. The summed E-state index contributed by atoms with van der Waals surface area (Å²) in [5.41, 5.74) is 8.15. The van der Waals surface area contributed by atoms with Crippen molar-refractivity contribution in [3.05, 3.63) is 131 Å². The van der Waals surface area contributed by atoms with E-state index >= 15 is 0 Å². The summed E-state index contributed by atoms with van der Waals surface area (Å²) in [6, 6.07) is 35.9. The van der Waals surface area contributed by atoms with Crippen LogP contribution in [0, 0.1) is 6.92 Å². The number of hydrogen-bond donors (Lipinski definition) is 0. The monoisotopic (exact) mass is 577 g/mol. The molecule has 0 fully saturated rings. The van der Waals surface area contributed by atoms with Crippen molar-refractivity contribution in [2.24, 2.45) is 0 Å². The lowest BCUT2D eigenvalue weighted by Crippen LogP contribution is -2.24. The molecule has 5 aromatic rings. The summed E-state index contributed by atoms with van der Waals surface area (Å²) in [6.45, 7) is 10.3. The molecule has 5 heteroatoms. The Hall–Kier alpha value is -3.86. The van der Waals surface area contributed by atoms with E-state index in [2.05, 4.69) is 102 Å². The van der Waals surface area contributed by atoms with Gasteiger partial charge < -0.3 is 9.30 Å². The lowest BCUT2D eigenvalue weighted by molar-refractivity contribution is 0.240. The second-order valence-corrected chi connectivity index (χ2v) is 11.3. The van der Waals surface area contributed by atoms with Crippen molar-refractivity contribution < 1.29 is 4.74 Å². The van der Waals surface area contributed by atoms with E-state index in [9.17, 15) is 0 Å². The predicted molar refractivity (Wildman–Crippen MR) is 175 cm³/mol. The predicted octanol–water partition coefficient (Wildman–Crippen LogP) is 9.58. The summed E-state index contributed by atoms with van der Waals surface area (Å²) >= 11 is 6.51. The lowest BCUT2D eigenvalue weighted by atomic mass is 10.1. The van der Waals surface area contributed by atoms with Gasteiger partial charge in [0.15, 0.2) is 0 Å². The van der Waals surface area contributed by atoms with Gasteiger partial charge >= 0.3 is 0 Å². The average molecular weight is 578 g/mol. The molecule has 0 bridgehead atoms. The van der Waals surface area contributed by atoms with E-state index in [0.29, 0.717) is 11.6 Å². The first kappa shape index (κ1) is 29.6. The number of rotatable bonds is 13. The van der Waals surface area contributed by atoms with E-state index in [-0.39, 0.29) is 0 Å². The van der Waals surface area contributed by atoms with Crippen molar-refractivity contribution in [1.82, 2.24) is 14.5 Å². The molecular weight excluding hydrogens is 538 g/mol. The zero-order chi connectivity index (χ0) is 29.3. The van der Waals surface area contributed by atoms with Crippen LogP contribution in [0.25, 0.3) is 22.6 Å².